The van der Waals surface area contributed by atoms with E-state index in [2.05, 4.69) is 5.32 Å². The summed E-state index contributed by atoms with van der Waals surface area (Å²) < 4.78 is 38.5. The van der Waals surface area contributed by atoms with Crippen LogP contribution in [0.1, 0.15) is 24.9 Å². The zero-order chi connectivity index (χ0) is 23.8. The molecule has 0 aromatic heterocycles. The van der Waals surface area contributed by atoms with Gasteiger partial charge in [0.15, 0.2) is 0 Å². The molecule has 3 rings (SSSR count). The smallest absolute Gasteiger partial charge is 0.264 e. The summed E-state index contributed by atoms with van der Waals surface area (Å²) in [5.74, 6) is 0.795. The Hall–Kier alpha value is -3.52. The van der Waals surface area contributed by atoms with Crippen LogP contribution >= 0.6 is 0 Å². The molecule has 174 valence electrons. The molecule has 0 unspecified atom stereocenters. The van der Waals surface area contributed by atoms with Crippen molar-refractivity contribution in [2.75, 3.05) is 25.1 Å². The van der Waals surface area contributed by atoms with Gasteiger partial charge >= 0.3 is 0 Å². The fourth-order valence-corrected chi connectivity index (χ4v) is 4.86. The molecule has 0 bridgehead atoms. The van der Waals surface area contributed by atoms with Crippen molar-refractivity contribution in [1.29, 1.82) is 0 Å². The van der Waals surface area contributed by atoms with E-state index in [1.54, 1.807) is 49.6 Å². The first-order valence-electron chi connectivity index (χ1n) is 10.5. The molecule has 0 aliphatic carbocycles. The molecule has 33 heavy (non-hydrogen) atoms. The Bertz CT molecular complexity index is 1160. The quantitative estimate of drug-likeness (QED) is 0.483. The maximum Gasteiger partial charge on any atom is 0.264 e. The van der Waals surface area contributed by atoms with Gasteiger partial charge in [-0.25, -0.2) is 8.42 Å². The number of ether oxygens (including phenoxy) is 2. The van der Waals surface area contributed by atoms with E-state index < -0.39 is 15.9 Å². The number of anilines is 1. The molecule has 0 saturated carbocycles. The average molecular weight is 469 g/mol. The van der Waals surface area contributed by atoms with Gasteiger partial charge in [-0.2, -0.15) is 0 Å². The Morgan fingerprint density at radius 1 is 0.909 bits per heavy atom. The van der Waals surface area contributed by atoms with Crippen molar-refractivity contribution < 1.29 is 22.7 Å². The Kier molecular flexibility index (Phi) is 7.95. The average Bonchev–Trinajstić information content (AvgIpc) is 2.86. The molecule has 3 aromatic carbocycles. The van der Waals surface area contributed by atoms with E-state index >= 15 is 0 Å². The summed E-state index contributed by atoms with van der Waals surface area (Å²) in [6.45, 7) is 1.58. The summed E-state index contributed by atoms with van der Waals surface area (Å²) in [5.41, 5.74) is 1.25. The standard InChI is InChI=1S/C25H28N2O5S/c1-4-24(19-13-15-21(31-2)16-14-19)26-25(28)18-27(20-9-8-10-22(17-20)32-3)33(29,30)23-11-6-5-7-12-23/h5-17,24H,4,18H2,1-3H3,(H,26,28)/t24-/m0/s1. The Morgan fingerprint density at radius 3 is 2.18 bits per heavy atom. The van der Waals surface area contributed by atoms with Gasteiger partial charge in [-0.1, -0.05) is 43.3 Å². The van der Waals surface area contributed by atoms with E-state index in [4.69, 9.17) is 9.47 Å². The number of benzene rings is 3. The predicted molar refractivity (Wildman–Crippen MR) is 128 cm³/mol. The van der Waals surface area contributed by atoms with E-state index in [0.29, 0.717) is 17.9 Å². The summed E-state index contributed by atoms with van der Waals surface area (Å²) >= 11 is 0. The molecule has 8 heteroatoms. The van der Waals surface area contributed by atoms with Gasteiger partial charge in [0.1, 0.15) is 18.0 Å². The van der Waals surface area contributed by atoms with Crippen molar-refractivity contribution in [2.45, 2.75) is 24.3 Å². The monoisotopic (exact) mass is 468 g/mol. The number of sulfonamides is 1. The zero-order valence-corrected chi connectivity index (χ0v) is 19.7. The number of hydrogen-bond acceptors (Lipinski definition) is 5. The largest absolute Gasteiger partial charge is 0.497 e. The molecule has 1 amide bonds. The number of hydrogen-bond donors (Lipinski definition) is 1. The molecule has 3 aromatic rings. The highest BCUT2D eigenvalue weighted by Crippen LogP contribution is 2.27. The molecular weight excluding hydrogens is 440 g/mol. The van der Waals surface area contributed by atoms with Crippen LogP contribution in [-0.2, 0) is 14.8 Å². The van der Waals surface area contributed by atoms with Crippen LogP contribution in [0.4, 0.5) is 5.69 Å². The van der Waals surface area contributed by atoms with Crippen LogP contribution in [0.25, 0.3) is 0 Å². The second-order valence-corrected chi connectivity index (χ2v) is 9.19. The van der Waals surface area contributed by atoms with Crippen molar-refractivity contribution in [1.82, 2.24) is 5.32 Å². The second kappa shape index (κ2) is 10.9. The molecule has 0 spiro atoms. The first kappa shape index (κ1) is 24.1. The molecule has 0 fully saturated rings. The number of carbonyl (C=O) groups is 1. The molecule has 0 radical (unpaired) electrons. The van der Waals surface area contributed by atoms with Gasteiger partial charge in [0.2, 0.25) is 5.91 Å². The topological polar surface area (TPSA) is 84.9 Å². The van der Waals surface area contributed by atoms with Crippen molar-refractivity contribution in [2.24, 2.45) is 0 Å². The second-order valence-electron chi connectivity index (χ2n) is 7.33. The van der Waals surface area contributed by atoms with E-state index in [1.165, 1.54) is 19.2 Å². The number of nitrogens with zero attached hydrogens (tertiary/aromatic N) is 1. The van der Waals surface area contributed by atoms with Crippen LogP contribution in [0.3, 0.4) is 0 Å². The number of methoxy groups -OCH3 is 2. The van der Waals surface area contributed by atoms with E-state index in [0.717, 1.165) is 15.6 Å². The SMILES string of the molecule is CC[C@H](NC(=O)CN(c1cccc(OC)c1)S(=O)(=O)c1ccccc1)c1ccc(OC)cc1. The highest BCUT2D eigenvalue weighted by Gasteiger charge is 2.28. The molecule has 0 aliphatic rings. The lowest BCUT2D eigenvalue weighted by Crippen LogP contribution is -2.42. The lowest BCUT2D eigenvalue weighted by molar-refractivity contribution is -0.120. The summed E-state index contributed by atoms with van der Waals surface area (Å²) in [5, 5.41) is 2.96. The molecule has 0 saturated heterocycles. The van der Waals surface area contributed by atoms with Crippen LogP contribution in [0.2, 0.25) is 0 Å². The van der Waals surface area contributed by atoms with Gasteiger partial charge in [-0.05, 0) is 48.4 Å². The summed E-state index contributed by atoms with van der Waals surface area (Å²) in [4.78, 5) is 13.2. The Balaban J connectivity index is 1.89. The Labute approximate surface area is 195 Å². The summed E-state index contributed by atoms with van der Waals surface area (Å²) in [6.07, 6.45) is 0.642. The van der Waals surface area contributed by atoms with Crippen molar-refractivity contribution in [3.05, 3.63) is 84.4 Å². The van der Waals surface area contributed by atoms with E-state index in [9.17, 15) is 13.2 Å². The van der Waals surface area contributed by atoms with Crippen LogP contribution in [0.5, 0.6) is 11.5 Å². The highest BCUT2D eigenvalue weighted by molar-refractivity contribution is 7.92. The van der Waals surface area contributed by atoms with Gasteiger partial charge in [0.05, 0.1) is 30.8 Å². The predicted octanol–water partition coefficient (Wildman–Crippen LogP) is 4.17. The van der Waals surface area contributed by atoms with Gasteiger partial charge < -0.3 is 14.8 Å². The lowest BCUT2D eigenvalue weighted by atomic mass is 10.0. The summed E-state index contributed by atoms with van der Waals surface area (Å²) in [6, 6.07) is 21.8. The highest BCUT2D eigenvalue weighted by atomic mass is 32.2. The number of nitrogens with one attached hydrogen (secondary N) is 1. The van der Waals surface area contributed by atoms with Crippen LogP contribution in [0.15, 0.2) is 83.8 Å². The lowest BCUT2D eigenvalue weighted by Gasteiger charge is -2.26. The Morgan fingerprint density at radius 2 is 1.58 bits per heavy atom. The zero-order valence-electron chi connectivity index (χ0n) is 18.9. The third kappa shape index (κ3) is 5.84. The minimum Gasteiger partial charge on any atom is -0.497 e. The van der Waals surface area contributed by atoms with Crippen LogP contribution in [-0.4, -0.2) is 35.1 Å². The molecular formula is C25H28N2O5S. The number of rotatable bonds is 10. The minimum atomic E-state index is -3.99. The molecule has 0 aliphatic heterocycles. The van der Waals surface area contributed by atoms with Crippen LogP contribution in [0, 0.1) is 0 Å². The third-order valence-corrected chi connectivity index (χ3v) is 7.01. The van der Waals surface area contributed by atoms with Crippen LogP contribution < -0.4 is 19.1 Å². The minimum absolute atomic E-state index is 0.0998. The fraction of sp³-hybridized carbons (Fsp3) is 0.240. The molecule has 1 N–H and O–H groups in total. The molecule has 7 nitrogen and oxygen atoms in total. The van der Waals surface area contributed by atoms with Crippen molar-refractivity contribution in [3.8, 4) is 11.5 Å². The van der Waals surface area contributed by atoms with Gasteiger partial charge in [-0.15, -0.1) is 0 Å². The maximum absolute atomic E-state index is 13.5. The summed E-state index contributed by atoms with van der Waals surface area (Å²) in [7, 11) is -0.896. The van der Waals surface area contributed by atoms with E-state index in [1.807, 2.05) is 31.2 Å². The third-order valence-electron chi connectivity index (χ3n) is 5.22. The van der Waals surface area contributed by atoms with Gasteiger partial charge in [-0.3, -0.25) is 9.10 Å². The van der Waals surface area contributed by atoms with Crippen molar-refractivity contribution in [3.63, 3.8) is 0 Å². The van der Waals surface area contributed by atoms with Gasteiger partial charge in [0, 0.05) is 6.07 Å². The normalized spacial score (nSPS) is 12.0. The molecule has 1 atom stereocenters. The maximum atomic E-state index is 13.5. The first-order chi connectivity index (χ1) is 15.9. The fourth-order valence-electron chi connectivity index (χ4n) is 3.43. The first-order valence-corrected chi connectivity index (χ1v) is 12.0. The molecule has 0 heterocycles. The number of amides is 1. The van der Waals surface area contributed by atoms with Gasteiger partial charge in [0.25, 0.3) is 10.0 Å². The number of carbonyl (C=O) groups excluding carboxylic acids is 1. The van der Waals surface area contributed by atoms with E-state index in [-0.39, 0.29) is 17.5 Å². The van der Waals surface area contributed by atoms with Crippen molar-refractivity contribution >= 4 is 21.6 Å².